The van der Waals surface area contributed by atoms with E-state index in [1.165, 1.54) is 28.6 Å². The van der Waals surface area contributed by atoms with Crippen molar-refractivity contribution in [1.29, 1.82) is 0 Å². The lowest BCUT2D eigenvalue weighted by atomic mass is 9.98. The average Bonchev–Trinajstić information content (AvgIpc) is 3.31. The Balaban J connectivity index is 1.10. The number of carboxylic acid groups (broad SMARTS) is 1. The molecule has 0 bridgehead atoms. The molecule has 1 aliphatic carbocycles. The van der Waals surface area contributed by atoms with Crippen LogP contribution >= 0.6 is 0 Å². The maximum atomic E-state index is 13.0. The normalized spacial score (nSPS) is 15.5. The third-order valence-electron chi connectivity index (χ3n) is 7.70. The predicted octanol–water partition coefficient (Wildman–Crippen LogP) is 2.91. The second-order valence-electron chi connectivity index (χ2n) is 10.0. The summed E-state index contributed by atoms with van der Waals surface area (Å²) in [6.07, 6.45) is -0.806. The highest BCUT2D eigenvalue weighted by Gasteiger charge is 2.30. The molecule has 10 heteroatoms. The van der Waals surface area contributed by atoms with E-state index < -0.39 is 17.6 Å². The van der Waals surface area contributed by atoms with Crippen molar-refractivity contribution in [2.24, 2.45) is 0 Å². The summed E-state index contributed by atoms with van der Waals surface area (Å²) in [7, 11) is 0. The minimum atomic E-state index is -1.70. The van der Waals surface area contributed by atoms with Crippen molar-refractivity contribution in [3.63, 3.8) is 0 Å². The van der Waals surface area contributed by atoms with Crippen molar-refractivity contribution < 1.29 is 24.5 Å². The van der Waals surface area contributed by atoms with Gasteiger partial charge in [0, 0.05) is 37.8 Å². The van der Waals surface area contributed by atoms with Gasteiger partial charge < -0.3 is 24.7 Å². The highest BCUT2D eigenvalue weighted by Crippen LogP contribution is 2.44. The molecule has 2 aliphatic rings. The van der Waals surface area contributed by atoms with Crippen molar-refractivity contribution in [3.8, 4) is 11.1 Å². The number of ether oxygens (including phenoxy) is 1. The zero-order chi connectivity index (χ0) is 27.8. The molecule has 0 saturated carbocycles. The largest absolute Gasteiger partial charge is 0.479 e. The maximum absolute atomic E-state index is 13.0. The van der Waals surface area contributed by atoms with E-state index in [2.05, 4.69) is 34.1 Å². The summed E-state index contributed by atoms with van der Waals surface area (Å²) in [4.78, 5) is 44.9. The minimum Gasteiger partial charge on any atom is -0.479 e. The minimum absolute atomic E-state index is 0.00417. The third kappa shape index (κ3) is 4.66. The first-order valence-corrected chi connectivity index (χ1v) is 13.2. The van der Waals surface area contributed by atoms with E-state index in [0.29, 0.717) is 37.1 Å². The van der Waals surface area contributed by atoms with E-state index in [9.17, 15) is 19.5 Å². The Labute approximate surface area is 229 Å². The van der Waals surface area contributed by atoms with Crippen LogP contribution in [-0.2, 0) is 16.1 Å². The van der Waals surface area contributed by atoms with E-state index in [1.54, 1.807) is 17.0 Å². The zero-order valence-electron chi connectivity index (χ0n) is 21.6. The summed E-state index contributed by atoms with van der Waals surface area (Å²) in [5.41, 5.74) is 5.56. The van der Waals surface area contributed by atoms with Gasteiger partial charge >= 0.3 is 12.1 Å². The first-order chi connectivity index (χ1) is 19.4. The summed E-state index contributed by atoms with van der Waals surface area (Å²) in [5, 5.41) is 18.9. The first kappa shape index (κ1) is 25.6. The van der Waals surface area contributed by atoms with E-state index >= 15 is 0 Å². The second-order valence-corrected chi connectivity index (χ2v) is 10.0. The number of aromatic nitrogens is 2. The second kappa shape index (κ2) is 10.5. The van der Waals surface area contributed by atoms with Gasteiger partial charge in [0.15, 0.2) is 6.10 Å². The Morgan fingerprint density at radius 3 is 2.25 bits per heavy atom. The van der Waals surface area contributed by atoms with Gasteiger partial charge in [-0.1, -0.05) is 48.5 Å². The zero-order valence-corrected chi connectivity index (χ0v) is 21.6. The van der Waals surface area contributed by atoms with Crippen LogP contribution in [0.2, 0.25) is 0 Å². The molecule has 1 atom stereocenters. The van der Waals surface area contributed by atoms with Gasteiger partial charge in [0.25, 0.3) is 5.56 Å². The molecule has 3 aromatic carbocycles. The van der Waals surface area contributed by atoms with Gasteiger partial charge in [-0.05, 0) is 40.5 Å². The van der Waals surface area contributed by atoms with Gasteiger partial charge in [-0.2, -0.15) is 0 Å². The van der Waals surface area contributed by atoms with Crippen LogP contribution in [0.15, 0.2) is 77.9 Å². The molecule has 2 N–H and O–H groups in total. The molecule has 1 amide bonds. The van der Waals surface area contributed by atoms with Crippen molar-refractivity contribution in [2.45, 2.75) is 18.6 Å². The topological polar surface area (TPSA) is 125 Å². The number of hydrogen-bond donors (Lipinski definition) is 2. The van der Waals surface area contributed by atoms with Crippen LogP contribution in [0.3, 0.4) is 0 Å². The fourth-order valence-electron chi connectivity index (χ4n) is 5.57. The van der Waals surface area contributed by atoms with Gasteiger partial charge in [-0.15, -0.1) is 0 Å². The molecule has 10 nitrogen and oxygen atoms in total. The van der Waals surface area contributed by atoms with Gasteiger partial charge in [-0.25, -0.2) is 14.6 Å². The van der Waals surface area contributed by atoms with E-state index in [0.717, 1.165) is 10.3 Å². The van der Waals surface area contributed by atoms with Crippen molar-refractivity contribution in [3.05, 3.63) is 94.5 Å². The van der Waals surface area contributed by atoms with Crippen molar-refractivity contribution in [1.82, 2.24) is 14.5 Å². The number of rotatable bonds is 6. The molecule has 0 spiro atoms. The monoisotopic (exact) mass is 540 g/mol. The van der Waals surface area contributed by atoms with Crippen LogP contribution in [0.4, 0.5) is 10.5 Å². The molecule has 1 aliphatic heterocycles. The fraction of sp³-hybridized carbons (Fsp3) is 0.267. The number of aliphatic hydroxyl groups is 1. The Hall–Kier alpha value is -4.70. The van der Waals surface area contributed by atoms with Gasteiger partial charge in [0.05, 0.1) is 23.8 Å². The highest BCUT2D eigenvalue weighted by atomic mass is 16.6. The Kier molecular flexibility index (Phi) is 6.69. The molecular formula is C30H28N4O6. The number of carbonyl (C=O) groups excluding carboxylic acids is 1. The number of anilines is 1. The lowest BCUT2D eigenvalue weighted by Crippen LogP contribution is -2.49. The summed E-state index contributed by atoms with van der Waals surface area (Å²) in [6.45, 7) is 1.94. The van der Waals surface area contributed by atoms with Crippen molar-refractivity contribution in [2.75, 3.05) is 37.7 Å². The number of benzene rings is 3. The number of aliphatic carboxylic acids is 1. The molecule has 6 rings (SSSR count). The Morgan fingerprint density at radius 1 is 0.950 bits per heavy atom. The smallest absolute Gasteiger partial charge is 0.409 e. The molecule has 1 aromatic heterocycles. The van der Waals surface area contributed by atoms with Crippen LogP contribution in [0.25, 0.3) is 22.0 Å². The molecule has 1 fully saturated rings. The molecule has 1 saturated heterocycles. The number of hydrogen-bond acceptors (Lipinski definition) is 7. The van der Waals surface area contributed by atoms with Gasteiger partial charge in [0.1, 0.15) is 6.61 Å². The number of aliphatic hydroxyl groups excluding tert-OH is 1. The number of carboxylic acids is 1. The SMILES string of the molecule is O=C(O)C(O)Cn1cnc2ccc(N3CCN(C(=O)OCC4c5ccccc5-c5ccccc54)CC3)cc2c1=O. The standard InChI is InChI=1S/C30H28N4O6/c35-27(29(37)38)16-34-18-31-26-10-9-19(15-24(26)28(34)36)32-11-13-33(14-12-32)30(39)40-17-25-22-7-3-1-5-20(22)21-6-2-4-8-23(21)25/h1-10,15,18,25,27,35H,11-14,16-17H2,(H,37,38). The van der Waals surface area contributed by atoms with Gasteiger partial charge in [0.2, 0.25) is 0 Å². The quantitative estimate of drug-likeness (QED) is 0.383. The van der Waals surface area contributed by atoms with Crippen LogP contribution in [0.1, 0.15) is 17.0 Å². The van der Waals surface area contributed by atoms with Gasteiger partial charge in [-0.3, -0.25) is 9.36 Å². The first-order valence-electron chi connectivity index (χ1n) is 13.2. The summed E-state index contributed by atoms with van der Waals surface area (Å²) in [5.74, 6) is -1.40. The maximum Gasteiger partial charge on any atom is 0.409 e. The molecule has 4 aromatic rings. The highest BCUT2D eigenvalue weighted by molar-refractivity contribution is 5.82. The number of amides is 1. The third-order valence-corrected chi connectivity index (χ3v) is 7.70. The van der Waals surface area contributed by atoms with Crippen LogP contribution in [0, 0.1) is 0 Å². The lowest BCUT2D eigenvalue weighted by Gasteiger charge is -2.35. The number of fused-ring (bicyclic) bond motifs is 4. The van der Waals surface area contributed by atoms with E-state index in [-0.39, 0.29) is 25.2 Å². The van der Waals surface area contributed by atoms with Crippen LogP contribution in [0.5, 0.6) is 0 Å². The molecule has 2 heterocycles. The molecule has 0 radical (unpaired) electrons. The van der Waals surface area contributed by atoms with Crippen LogP contribution in [-0.4, -0.2) is 75.6 Å². The van der Waals surface area contributed by atoms with Crippen LogP contribution < -0.4 is 10.5 Å². The number of piperazine rings is 1. The molecular weight excluding hydrogens is 512 g/mol. The Morgan fingerprint density at radius 2 is 1.60 bits per heavy atom. The Bertz CT molecular complexity index is 1610. The summed E-state index contributed by atoms with van der Waals surface area (Å²) >= 11 is 0. The van der Waals surface area contributed by atoms with E-state index in [1.807, 2.05) is 30.3 Å². The number of nitrogens with zero attached hydrogens (tertiary/aromatic N) is 4. The van der Waals surface area contributed by atoms with Crippen molar-refractivity contribution >= 4 is 28.7 Å². The molecule has 204 valence electrons. The summed E-state index contributed by atoms with van der Waals surface area (Å²) < 4.78 is 6.91. The molecule has 1 unspecified atom stereocenters. The predicted molar refractivity (Wildman–Crippen MR) is 149 cm³/mol. The fourth-order valence-corrected chi connectivity index (χ4v) is 5.57. The lowest BCUT2D eigenvalue weighted by molar-refractivity contribution is -0.147. The number of carbonyl (C=O) groups is 2. The van der Waals surface area contributed by atoms with E-state index in [4.69, 9.17) is 9.84 Å². The average molecular weight is 541 g/mol. The molecule has 40 heavy (non-hydrogen) atoms. The summed E-state index contributed by atoms with van der Waals surface area (Å²) in [6, 6.07) is 21.8.